The van der Waals surface area contributed by atoms with E-state index >= 15 is 0 Å². The number of rotatable bonds is 8. The molecule has 1 aliphatic heterocycles. The van der Waals surface area contributed by atoms with Gasteiger partial charge < -0.3 is 9.84 Å². The Morgan fingerprint density at radius 3 is 2.81 bits per heavy atom. The van der Waals surface area contributed by atoms with Crippen molar-refractivity contribution in [3.63, 3.8) is 0 Å². The van der Waals surface area contributed by atoms with Crippen LogP contribution in [0.15, 0.2) is 22.4 Å². The Hall–Kier alpha value is -1.15. The average Bonchev–Trinajstić information content (AvgIpc) is 3.07. The molecule has 2 heterocycles. The van der Waals surface area contributed by atoms with Crippen LogP contribution in [0.1, 0.15) is 11.3 Å². The first-order valence-corrected chi connectivity index (χ1v) is 8.44. The Morgan fingerprint density at radius 2 is 2.19 bits per heavy atom. The molecule has 0 spiro atoms. The van der Waals surface area contributed by atoms with E-state index in [9.17, 15) is 9.59 Å². The molecule has 5 nitrogen and oxygen atoms in total. The molecule has 1 N–H and O–H groups in total. The van der Waals surface area contributed by atoms with Gasteiger partial charge in [-0.15, -0.1) is 23.1 Å². The lowest BCUT2D eigenvalue weighted by molar-refractivity contribution is -0.136. The van der Waals surface area contributed by atoms with E-state index in [1.165, 1.54) is 28.0 Å². The van der Waals surface area contributed by atoms with Gasteiger partial charge in [-0.05, 0) is 17.9 Å². The van der Waals surface area contributed by atoms with Crippen molar-refractivity contribution in [2.45, 2.75) is 6.42 Å². The van der Waals surface area contributed by atoms with Gasteiger partial charge >= 0.3 is 0 Å². The lowest BCUT2D eigenvalue weighted by Crippen LogP contribution is -2.33. The van der Waals surface area contributed by atoms with Crippen LogP contribution in [0.5, 0.6) is 0 Å². The van der Waals surface area contributed by atoms with Crippen LogP contribution >= 0.6 is 23.1 Å². The summed E-state index contributed by atoms with van der Waals surface area (Å²) in [5, 5.41) is 10.8. The number of thiophene rings is 1. The number of carbonyl (C=O) groups excluding carboxylic acids is 2. The Kier molecular flexibility index (Phi) is 5.98. The highest BCUT2D eigenvalue weighted by molar-refractivity contribution is 8.04. The van der Waals surface area contributed by atoms with Crippen molar-refractivity contribution >= 4 is 40.5 Å². The van der Waals surface area contributed by atoms with Gasteiger partial charge in [0.05, 0.1) is 17.1 Å². The molecule has 2 amide bonds. The summed E-state index contributed by atoms with van der Waals surface area (Å²) >= 11 is 2.67. The molecule has 0 aliphatic carbocycles. The van der Waals surface area contributed by atoms with Gasteiger partial charge in [-0.25, -0.2) is 0 Å². The third kappa shape index (κ3) is 3.55. The van der Waals surface area contributed by atoms with Crippen LogP contribution in [0.4, 0.5) is 0 Å². The summed E-state index contributed by atoms with van der Waals surface area (Å²) in [5.41, 5.74) is 0.464. The molecule has 0 aromatic carbocycles. The van der Waals surface area contributed by atoms with Crippen LogP contribution in [-0.4, -0.2) is 54.4 Å². The summed E-state index contributed by atoms with van der Waals surface area (Å²) in [7, 11) is 1.59. The highest BCUT2D eigenvalue weighted by Gasteiger charge is 2.39. The molecule has 1 aliphatic rings. The zero-order valence-corrected chi connectivity index (χ0v) is 13.3. The number of aliphatic hydroxyl groups excluding tert-OH is 1. The minimum absolute atomic E-state index is 0.0307. The molecule has 0 saturated carbocycles. The standard InChI is InChI=1S/C14H17NO4S2/c1-19-7-3-5-15-13(17)11(10-4-2-8-20-10)12(14(15)18)21-9-6-16/h2,4,8,16H,3,5-7,9H2,1H3. The number of amides is 2. The maximum atomic E-state index is 12.5. The van der Waals surface area contributed by atoms with E-state index in [2.05, 4.69) is 0 Å². The molecule has 21 heavy (non-hydrogen) atoms. The van der Waals surface area contributed by atoms with Crippen molar-refractivity contribution in [3.8, 4) is 0 Å². The molecule has 2 rings (SSSR count). The lowest BCUT2D eigenvalue weighted by Gasteiger charge is -2.14. The molecule has 0 unspecified atom stereocenters. The van der Waals surface area contributed by atoms with Crippen molar-refractivity contribution < 1.29 is 19.4 Å². The first-order chi connectivity index (χ1) is 10.2. The number of aliphatic hydroxyl groups is 1. The van der Waals surface area contributed by atoms with Gasteiger partial charge in [0.15, 0.2) is 0 Å². The fraction of sp³-hybridized carbons (Fsp3) is 0.429. The maximum Gasteiger partial charge on any atom is 0.268 e. The summed E-state index contributed by atoms with van der Waals surface area (Å²) in [4.78, 5) is 27.5. The molecular formula is C14H17NO4S2. The molecule has 7 heteroatoms. The Bertz CT molecular complexity index is 539. The molecule has 0 radical (unpaired) electrons. The van der Waals surface area contributed by atoms with Gasteiger partial charge in [0, 0.05) is 30.9 Å². The van der Waals surface area contributed by atoms with Crippen molar-refractivity contribution in [1.29, 1.82) is 0 Å². The fourth-order valence-corrected chi connectivity index (χ4v) is 3.75. The van der Waals surface area contributed by atoms with Gasteiger partial charge in [0.1, 0.15) is 0 Å². The van der Waals surface area contributed by atoms with Crippen molar-refractivity contribution in [2.24, 2.45) is 0 Å². The van der Waals surface area contributed by atoms with Gasteiger partial charge in [-0.1, -0.05) is 6.07 Å². The summed E-state index contributed by atoms with van der Waals surface area (Å²) in [5.74, 6) is -0.119. The first-order valence-electron chi connectivity index (χ1n) is 6.57. The molecule has 114 valence electrons. The fourth-order valence-electron chi connectivity index (χ4n) is 2.04. The van der Waals surface area contributed by atoms with Crippen LogP contribution in [-0.2, 0) is 14.3 Å². The van der Waals surface area contributed by atoms with E-state index < -0.39 is 0 Å². The molecule has 0 saturated heterocycles. The minimum Gasteiger partial charge on any atom is -0.396 e. The number of hydrogen-bond donors (Lipinski definition) is 1. The number of ether oxygens (including phenoxy) is 1. The van der Waals surface area contributed by atoms with Crippen LogP contribution in [0.25, 0.3) is 5.57 Å². The predicted octanol–water partition coefficient (Wildman–Crippen LogP) is 1.59. The largest absolute Gasteiger partial charge is 0.396 e. The zero-order chi connectivity index (χ0) is 15.2. The first kappa shape index (κ1) is 16.2. The van der Waals surface area contributed by atoms with Crippen molar-refractivity contribution in [2.75, 3.05) is 32.6 Å². The van der Waals surface area contributed by atoms with E-state index in [0.717, 1.165) is 4.88 Å². The Morgan fingerprint density at radius 1 is 1.38 bits per heavy atom. The molecule has 0 atom stereocenters. The number of imide groups is 1. The predicted molar refractivity (Wildman–Crippen MR) is 84.0 cm³/mol. The Balaban J connectivity index is 2.24. The molecule has 0 bridgehead atoms. The Labute approximate surface area is 131 Å². The van der Waals surface area contributed by atoms with Gasteiger partial charge in [-0.3, -0.25) is 14.5 Å². The third-order valence-electron chi connectivity index (χ3n) is 2.96. The van der Waals surface area contributed by atoms with Crippen LogP contribution in [0, 0.1) is 0 Å². The number of carbonyl (C=O) groups is 2. The summed E-state index contributed by atoms with van der Waals surface area (Å²) in [6.07, 6.45) is 0.615. The highest BCUT2D eigenvalue weighted by Crippen LogP contribution is 2.37. The molecule has 1 aromatic heterocycles. The van der Waals surface area contributed by atoms with E-state index in [4.69, 9.17) is 9.84 Å². The van der Waals surface area contributed by atoms with Gasteiger partial charge in [0.2, 0.25) is 0 Å². The number of hydrogen-bond acceptors (Lipinski definition) is 6. The zero-order valence-electron chi connectivity index (χ0n) is 11.7. The van der Waals surface area contributed by atoms with Crippen molar-refractivity contribution in [1.82, 2.24) is 4.90 Å². The van der Waals surface area contributed by atoms with Crippen molar-refractivity contribution in [3.05, 3.63) is 27.3 Å². The van der Waals surface area contributed by atoms with Gasteiger partial charge in [0.25, 0.3) is 11.8 Å². The number of nitrogens with zero attached hydrogens (tertiary/aromatic N) is 1. The second kappa shape index (κ2) is 7.74. The van der Waals surface area contributed by atoms with Gasteiger partial charge in [-0.2, -0.15) is 0 Å². The molecule has 0 fully saturated rings. The quantitative estimate of drug-likeness (QED) is 0.580. The lowest BCUT2D eigenvalue weighted by atomic mass is 10.2. The highest BCUT2D eigenvalue weighted by atomic mass is 32.2. The van der Waals surface area contributed by atoms with Crippen LogP contribution in [0.2, 0.25) is 0 Å². The maximum absolute atomic E-state index is 12.5. The topological polar surface area (TPSA) is 66.8 Å². The monoisotopic (exact) mass is 327 g/mol. The number of methoxy groups -OCH3 is 1. The number of thioether (sulfide) groups is 1. The minimum atomic E-state index is -0.266. The normalized spacial score (nSPS) is 15.4. The van der Waals surface area contributed by atoms with E-state index in [1.807, 2.05) is 17.5 Å². The smallest absolute Gasteiger partial charge is 0.268 e. The second-order valence-electron chi connectivity index (χ2n) is 4.36. The summed E-state index contributed by atoms with van der Waals surface area (Å²) < 4.78 is 4.96. The summed E-state index contributed by atoms with van der Waals surface area (Å²) in [6.45, 7) is 0.825. The van der Waals surface area contributed by atoms with Crippen LogP contribution in [0.3, 0.4) is 0 Å². The molecule has 1 aromatic rings. The van der Waals surface area contributed by atoms with E-state index in [1.54, 1.807) is 7.11 Å². The average molecular weight is 327 g/mol. The van der Waals surface area contributed by atoms with E-state index in [0.29, 0.717) is 35.8 Å². The molecular weight excluding hydrogens is 310 g/mol. The SMILES string of the molecule is COCCCN1C(=O)C(SCCO)=C(c2cccs2)C1=O. The van der Waals surface area contributed by atoms with Crippen LogP contribution < -0.4 is 0 Å². The van der Waals surface area contributed by atoms with E-state index in [-0.39, 0.29) is 18.4 Å². The second-order valence-corrected chi connectivity index (χ2v) is 6.41. The third-order valence-corrected chi connectivity index (χ3v) is 4.90. The summed E-state index contributed by atoms with van der Waals surface area (Å²) in [6, 6.07) is 3.69.